The predicted octanol–water partition coefficient (Wildman–Crippen LogP) is 0.00900. The number of carbonyl (C=O) groups is 1. The van der Waals surface area contributed by atoms with Crippen molar-refractivity contribution >= 4 is 5.91 Å². The lowest BCUT2D eigenvalue weighted by Crippen LogP contribution is -2.30. The molecule has 0 unspecified atom stereocenters. The van der Waals surface area contributed by atoms with Gasteiger partial charge in [0.25, 0.3) is 5.91 Å². The minimum atomic E-state index is -0.695. The summed E-state index contributed by atoms with van der Waals surface area (Å²) in [6.07, 6.45) is 0.379. The zero-order chi connectivity index (χ0) is 13.1. The van der Waals surface area contributed by atoms with Crippen LogP contribution in [0.4, 0.5) is 0 Å². The maximum absolute atomic E-state index is 12.1. The Morgan fingerprint density at radius 1 is 1.61 bits per heavy atom. The molecule has 0 aromatic carbocycles. The monoisotopic (exact) mass is 252 g/mol. The number of hydrogen-bond acceptors (Lipinski definition) is 5. The summed E-state index contributed by atoms with van der Waals surface area (Å²) in [6.45, 7) is 2.82. The van der Waals surface area contributed by atoms with Crippen molar-refractivity contribution < 1.29 is 19.7 Å². The van der Waals surface area contributed by atoms with Crippen LogP contribution in [0.15, 0.2) is 18.3 Å². The van der Waals surface area contributed by atoms with Crippen molar-refractivity contribution in [2.45, 2.75) is 19.1 Å². The van der Waals surface area contributed by atoms with Crippen molar-refractivity contribution in [3.8, 4) is 5.75 Å². The van der Waals surface area contributed by atoms with Crippen molar-refractivity contribution in [3.05, 3.63) is 24.0 Å². The Hall–Kier alpha value is -1.66. The van der Waals surface area contributed by atoms with Gasteiger partial charge in [0.2, 0.25) is 0 Å². The Balaban J connectivity index is 2.10. The van der Waals surface area contributed by atoms with Crippen LogP contribution >= 0.6 is 0 Å². The van der Waals surface area contributed by atoms with Gasteiger partial charge in [-0.1, -0.05) is 0 Å². The molecule has 18 heavy (non-hydrogen) atoms. The largest absolute Gasteiger partial charge is 0.505 e. The van der Waals surface area contributed by atoms with E-state index in [-0.39, 0.29) is 24.1 Å². The molecular formula is C12H16N2O4. The van der Waals surface area contributed by atoms with E-state index >= 15 is 0 Å². The fraction of sp³-hybridized carbons (Fsp3) is 0.500. The van der Waals surface area contributed by atoms with Crippen LogP contribution in [0.2, 0.25) is 0 Å². The number of aromatic hydroxyl groups is 1. The minimum Gasteiger partial charge on any atom is -0.505 e. The summed E-state index contributed by atoms with van der Waals surface area (Å²) >= 11 is 0. The first kappa shape index (κ1) is 12.8. The van der Waals surface area contributed by atoms with E-state index in [9.17, 15) is 15.0 Å². The Morgan fingerprint density at radius 3 is 3.06 bits per heavy atom. The molecule has 2 heterocycles. The van der Waals surface area contributed by atoms with E-state index in [1.165, 1.54) is 17.2 Å². The highest BCUT2D eigenvalue weighted by Crippen LogP contribution is 2.20. The molecular weight excluding hydrogens is 236 g/mol. The first-order valence-corrected chi connectivity index (χ1v) is 5.86. The molecule has 2 N–H and O–H groups in total. The summed E-state index contributed by atoms with van der Waals surface area (Å²) < 4.78 is 5.33. The first-order chi connectivity index (χ1) is 8.63. The maximum atomic E-state index is 12.1. The normalized spacial score (nSPS) is 23.3. The number of nitrogens with zero attached hydrogens (tertiary/aromatic N) is 2. The van der Waals surface area contributed by atoms with Gasteiger partial charge in [-0.3, -0.25) is 4.79 Å². The molecule has 1 saturated heterocycles. The van der Waals surface area contributed by atoms with Gasteiger partial charge in [0, 0.05) is 25.9 Å². The summed E-state index contributed by atoms with van der Waals surface area (Å²) in [7, 11) is 0. The smallest absolute Gasteiger partial charge is 0.276 e. The number of aromatic nitrogens is 1. The van der Waals surface area contributed by atoms with Gasteiger partial charge in [0.05, 0.1) is 6.10 Å². The average Bonchev–Trinajstić information content (AvgIpc) is 2.71. The molecule has 1 aliphatic heterocycles. The minimum absolute atomic E-state index is 0.00171. The number of ether oxygens (including phenoxy) is 1. The van der Waals surface area contributed by atoms with E-state index in [0.717, 1.165) is 0 Å². The number of β-amino-alcohol motifs (C(OH)–C–C–N with tert-alkyl or cyclic N) is 1. The molecule has 0 spiro atoms. The lowest BCUT2D eigenvalue weighted by atomic mass is 10.3. The van der Waals surface area contributed by atoms with Crippen molar-refractivity contribution in [3.63, 3.8) is 0 Å². The molecule has 1 aromatic heterocycles. The number of likely N-dealkylation sites (tertiary alicyclic amines) is 1. The van der Waals surface area contributed by atoms with Gasteiger partial charge in [-0.05, 0) is 19.1 Å². The topological polar surface area (TPSA) is 82.9 Å². The van der Waals surface area contributed by atoms with Gasteiger partial charge in [-0.15, -0.1) is 0 Å². The van der Waals surface area contributed by atoms with E-state index in [0.29, 0.717) is 13.2 Å². The van der Waals surface area contributed by atoms with Crippen LogP contribution in [0.3, 0.4) is 0 Å². The molecule has 0 aliphatic carbocycles. The first-order valence-electron chi connectivity index (χ1n) is 5.86. The Bertz CT molecular complexity index is 438. The molecule has 1 aromatic rings. The summed E-state index contributed by atoms with van der Waals surface area (Å²) in [5.74, 6) is -0.550. The predicted molar refractivity (Wildman–Crippen MR) is 63.2 cm³/mol. The van der Waals surface area contributed by atoms with Crippen molar-refractivity contribution in [2.24, 2.45) is 0 Å². The van der Waals surface area contributed by atoms with Crippen molar-refractivity contribution in [1.29, 1.82) is 0 Å². The highest BCUT2D eigenvalue weighted by Gasteiger charge is 2.35. The van der Waals surface area contributed by atoms with Gasteiger partial charge >= 0.3 is 0 Å². The molecule has 1 amide bonds. The SMILES string of the molecule is CCO[C@@H]1CN(C(=O)c2ncccc2O)C[C@H]1O. The summed E-state index contributed by atoms with van der Waals surface area (Å²) in [5.41, 5.74) is 0.00171. The fourth-order valence-corrected chi connectivity index (χ4v) is 2.01. The van der Waals surface area contributed by atoms with E-state index in [4.69, 9.17) is 4.74 Å². The highest BCUT2D eigenvalue weighted by molar-refractivity contribution is 5.95. The molecule has 98 valence electrons. The van der Waals surface area contributed by atoms with Gasteiger partial charge in [-0.2, -0.15) is 0 Å². The number of hydrogen-bond donors (Lipinski definition) is 2. The molecule has 6 heteroatoms. The number of rotatable bonds is 3. The van der Waals surface area contributed by atoms with Crippen molar-refractivity contribution in [1.82, 2.24) is 9.88 Å². The highest BCUT2D eigenvalue weighted by atomic mass is 16.5. The number of amides is 1. The molecule has 0 bridgehead atoms. The lowest BCUT2D eigenvalue weighted by Gasteiger charge is -2.15. The zero-order valence-electron chi connectivity index (χ0n) is 10.1. The van der Waals surface area contributed by atoms with E-state index in [1.807, 2.05) is 6.92 Å². The third kappa shape index (κ3) is 2.44. The molecule has 2 atom stereocenters. The molecule has 2 rings (SSSR count). The van der Waals surface area contributed by atoms with Crippen LogP contribution in [-0.4, -0.2) is 57.9 Å². The van der Waals surface area contributed by atoms with Crippen molar-refractivity contribution in [2.75, 3.05) is 19.7 Å². The summed E-state index contributed by atoms with van der Waals surface area (Å²) in [6, 6.07) is 2.96. The van der Waals surface area contributed by atoms with Crippen LogP contribution in [0.1, 0.15) is 17.4 Å². The van der Waals surface area contributed by atoms with Crippen LogP contribution in [0.25, 0.3) is 0 Å². The molecule has 0 radical (unpaired) electrons. The quantitative estimate of drug-likeness (QED) is 0.791. The Labute approximate surface area is 105 Å². The average molecular weight is 252 g/mol. The van der Waals surface area contributed by atoms with E-state index < -0.39 is 12.0 Å². The van der Waals surface area contributed by atoms with E-state index in [1.54, 1.807) is 6.07 Å². The Morgan fingerprint density at radius 2 is 2.39 bits per heavy atom. The third-order valence-electron chi connectivity index (χ3n) is 2.89. The second-order valence-electron chi connectivity index (χ2n) is 4.14. The van der Waals surface area contributed by atoms with Crippen LogP contribution in [-0.2, 0) is 4.74 Å². The number of carbonyl (C=O) groups excluding carboxylic acids is 1. The third-order valence-corrected chi connectivity index (χ3v) is 2.89. The maximum Gasteiger partial charge on any atom is 0.276 e. The number of aliphatic hydroxyl groups excluding tert-OH is 1. The summed E-state index contributed by atoms with van der Waals surface area (Å²) in [5, 5.41) is 19.3. The van der Waals surface area contributed by atoms with Gasteiger partial charge in [0.1, 0.15) is 11.9 Å². The van der Waals surface area contributed by atoms with Gasteiger partial charge in [0.15, 0.2) is 5.69 Å². The van der Waals surface area contributed by atoms with Gasteiger partial charge in [-0.25, -0.2) is 4.98 Å². The molecule has 6 nitrogen and oxygen atoms in total. The zero-order valence-corrected chi connectivity index (χ0v) is 10.1. The molecule has 0 saturated carbocycles. The standard InChI is InChI=1S/C12H16N2O4/c1-2-18-10-7-14(6-9(10)16)12(17)11-8(15)4-3-5-13-11/h3-5,9-10,15-16H,2,6-7H2,1H3/t9-,10-/m1/s1. The number of pyridine rings is 1. The lowest BCUT2D eigenvalue weighted by molar-refractivity contribution is -0.00237. The molecule has 1 fully saturated rings. The van der Waals surface area contributed by atoms with Crippen LogP contribution in [0.5, 0.6) is 5.75 Å². The fourth-order valence-electron chi connectivity index (χ4n) is 2.01. The second kappa shape index (κ2) is 5.32. The van der Waals surface area contributed by atoms with E-state index in [2.05, 4.69) is 4.98 Å². The van der Waals surface area contributed by atoms with Crippen LogP contribution in [0, 0.1) is 0 Å². The van der Waals surface area contributed by atoms with Crippen LogP contribution < -0.4 is 0 Å². The van der Waals surface area contributed by atoms with Gasteiger partial charge < -0.3 is 19.8 Å². The second-order valence-corrected chi connectivity index (χ2v) is 4.14. The molecule has 1 aliphatic rings. The summed E-state index contributed by atoms with van der Waals surface area (Å²) in [4.78, 5) is 17.4. The number of aliphatic hydroxyl groups is 1. The Kier molecular flexibility index (Phi) is 3.78.